The third-order valence-electron chi connectivity index (χ3n) is 8.69. The molecule has 0 spiro atoms. The maximum atomic E-state index is 13.0. The first-order valence-electron chi connectivity index (χ1n) is 16.0. The molecule has 51 heavy (non-hydrogen) atoms. The van der Waals surface area contributed by atoms with Gasteiger partial charge in [0, 0.05) is 29.7 Å². The Morgan fingerprint density at radius 1 is 0.745 bits per heavy atom. The fourth-order valence-electron chi connectivity index (χ4n) is 6.18. The number of fused-ring (bicyclic) bond motifs is 3. The average molecular weight is 700 g/mol. The van der Waals surface area contributed by atoms with E-state index in [9.17, 15) is 55.5 Å². The fourth-order valence-corrected chi connectivity index (χ4v) is 6.18. The number of phenols is 8. The number of rotatable bonds is 11. The Hall–Kier alpha value is -6.34. The largest absolute Gasteiger partial charge is 0.508 e. The summed E-state index contributed by atoms with van der Waals surface area (Å²) in [5, 5.41) is 95.3. The molecule has 0 bridgehead atoms. The molecule has 266 valence electrons. The summed E-state index contributed by atoms with van der Waals surface area (Å²) in [5.41, 5.74) is 3.48. The Labute approximate surface area is 291 Å². The molecule has 1 aliphatic rings. The minimum atomic E-state index is -1.81. The van der Waals surface area contributed by atoms with Crippen LogP contribution in [0.3, 0.4) is 0 Å². The van der Waals surface area contributed by atoms with Crippen LogP contribution >= 0.6 is 0 Å². The molecule has 0 saturated carbocycles. The highest BCUT2D eigenvalue weighted by Crippen LogP contribution is 2.46. The van der Waals surface area contributed by atoms with Crippen LogP contribution in [0.4, 0.5) is 0 Å². The van der Waals surface area contributed by atoms with Crippen molar-refractivity contribution in [3.05, 3.63) is 88.0 Å². The second kappa shape index (κ2) is 15.0. The molecule has 0 aliphatic heterocycles. The summed E-state index contributed by atoms with van der Waals surface area (Å²) in [6, 6.07) is 10.9. The van der Waals surface area contributed by atoms with E-state index in [1.54, 1.807) is 37.3 Å². The Balaban J connectivity index is 1.49. The van der Waals surface area contributed by atoms with Crippen LogP contribution in [0.25, 0.3) is 29.4 Å². The predicted molar refractivity (Wildman–Crippen MR) is 187 cm³/mol. The maximum Gasteiger partial charge on any atom is 0.345 e. The fraction of sp³-hybridized carbons (Fsp3) is 0.211. The SMILES string of the molecule is CCNC[C@@H](c1cc(O)c(O)c(O)c1)[C@@H](OC(=O)/C=C/c1cc(O)c(O)cc1/C=C/c1cc(O)c(O)c2c1-c1cccc(O)c1CCC2)C(=O)O. The van der Waals surface area contributed by atoms with Gasteiger partial charge in [0.1, 0.15) is 5.75 Å². The number of ether oxygens (including phenoxy) is 1. The average Bonchev–Trinajstić information content (AvgIpc) is 3.29. The van der Waals surface area contributed by atoms with Crippen LogP contribution in [0.5, 0.6) is 46.0 Å². The molecule has 4 aromatic carbocycles. The van der Waals surface area contributed by atoms with E-state index in [0.29, 0.717) is 53.6 Å². The summed E-state index contributed by atoms with van der Waals surface area (Å²) < 4.78 is 5.33. The van der Waals surface area contributed by atoms with Crippen LogP contribution in [0.15, 0.2) is 54.6 Å². The van der Waals surface area contributed by atoms with E-state index < -0.39 is 52.7 Å². The lowest BCUT2D eigenvalue weighted by Gasteiger charge is -2.24. The lowest BCUT2D eigenvalue weighted by Crippen LogP contribution is -2.38. The van der Waals surface area contributed by atoms with E-state index in [1.165, 1.54) is 24.3 Å². The van der Waals surface area contributed by atoms with Gasteiger partial charge in [-0.15, -0.1) is 0 Å². The van der Waals surface area contributed by atoms with E-state index in [0.717, 1.165) is 18.2 Å². The summed E-state index contributed by atoms with van der Waals surface area (Å²) in [6.45, 7) is 2.13. The smallest absolute Gasteiger partial charge is 0.345 e. The van der Waals surface area contributed by atoms with Crippen molar-refractivity contribution in [2.45, 2.75) is 38.2 Å². The van der Waals surface area contributed by atoms with Crippen molar-refractivity contribution < 1.29 is 60.3 Å². The van der Waals surface area contributed by atoms with Crippen LogP contribution in [0, 0.1) is 0 Å². The molecule has 2 atom stereocenters. The highest BCUT2D eigenvalue weighted by atomic mass is 16.6. The Kier molecular flexibility index (Phi) is 10.6. The molecule has 10 N–H and O–H groups in total. The molecule has 0 fully saturated rings. The maximum absolute atomic E-state index is 13.0. The van der Waals surface area contributed by atoms with Crippen LogP contribution in [0.2, 0.25) is 0 Å². The van der Waals surface area contributed by atoms with Crippen LogP contribution in [-0.4, -0.2) is 77.1 Å². The molecule has 13 nitrogen and oxygen atoms in total. The van der Waals surface area contributed by atoms with Gasteiger partial charge >= 0.3 is 11.9 Å². The van der Waals surface area contributed by atoms with Crippen LogP contribution < -0.4 is 5.32 Å². The van der Waals surface area contributed by atoms with Gasteiger partial charge in [0.25, 0.3) is 0 Å². The number of carbonyl (C=O) groups is 2. The zero-order chi connectivity index (χ0) is 37.0. The lowest BCUT2D eigenvalue weighted by atomic mass is 9.90. The van der Waals surface area contributed by atoms with Crippen molar-refractivity contribution in [1.82, 2.24) is 5.32 Å². The van der Waals surface area contributed by atoms with Gasteiger partial charge in [0.05, 0.1) is 0 Å². The molecule has 5 rings (SSSR count). The summed E-state index contributed by atoms with van der Waals surface area (Å²) in [7, 11) is 0. The molecule has 0 heterocycles. The molecule has 0 unspecified atom stereocenters. The third-order valence-corrected chi connectivity index (χ3v) is 8.69. The van der Waals surface area contributed by atoms with E-state index in [-0.39, 0.29) is 40.5 Å². The van der Waals surface area contributed by atoms with E-state index >= 15 is 0 Å². The van der Waals surface area contributed by atoms with E-state index in [2.05, 4.69) is 5.32 Å². The van der Waals surface area contributed by atoms with Crippen LogP contribution in [-0.2, 0) is 27.2 Å². The molecule has 0 aromatic heterocycles. The minimum Gasteiger partial charge on any atom is -0.508 e. The number of aliphatic carboxylic acids is 1. The van der Waals surface area contributed by atoms with Crippen molar-refractivity contribution >= 4 is 30.2 Å². The number of carbonyl (C=O) groups excluding carboxylic acids is 1. The quantitative estimate of drug-likeness (QED) is 0.0427. The number of carboxylic acid groups (broad SMARTS) is 1. The number of likely N-dealkylation sites (N-methyl/N-ethyl adjacent to an activating group) is 1. The van der Waals surface area contributed by atoms with Gasteiger partial charge in [-0.2, -0.15) is 0 Å². The summed E-state index contributed by atoms with van der Waals surface area (Å²) in [5.74, 6) is -7.44. The number of benzene rings is 4. The zero-order valence-electron chi connectivity index (χ0n) is 27.4. The van der Waals surface area contributed by atoms with Gasteiger partial charge in [-0.1, -0.05) is 31.2 Å². The van der Waals surface area contributed by atoms with Crippen molar-refractivity contribution in [2.24, 2.45) is 0 Å². The van der Waals surface area contributed by atoms with Gasteiger partial charge in [0.2, 0.25) is 6.10 Å². The zero-order valence-corrected chi connectivity index (χ0v) is 27.4. The van der Waals surface area contributed by atoms with Gasteiger partial charge in [-0.05, 0) is 102 Å². The molecule has 0 amide bonds. The lowest BCUT2D eigenvalue weighted by molar-refractivity contribution is -0.162. The summed E-state index contributed by atoms with van der Waals surface area (Å²) in [6.07, 6.45) is 5.06. The highest BCUT2D eigenvalue weighted by Gasteiger charge is 2.34. The first-order valence-corrected chi connectivity index (χ1v) is 16.0. The predicted octanol–water partition coefficient (Wildman–Crippen LogP) is 5.06. The third kappa shape index (κ3) is 7.63. The van der Waals surface area contributed by atoms with Gasteiger partial charge in [-0.25, -0.2) is 9.59 Å². The second-order valence-electron chi connectivity index (χ2n) is 12.0. The van der Waals surface area contributed by atoms with Gasteiger partial charge in [0.15, 0.2) is 40.2 Å². The minimum absolute atomic E-state index is 0.0461. The molecule has 4 aromatic rings. The highest BCUT2D eigenvalue weighted by molar-refractivity contribution is 5.92. The Morgan fingerprint density at radius 3 is 1.98 bits per heavy atom. The molecular formula is C38H37NO12. The van der Waals surface area contributed by atoms with E-state index in [1.807, 2.05) is 0 Å². The number of esters is 1. The van der Waals surface area contributed by atoms with Gasteiger partial charge < -0.3 is 56.0 Å². The molecule has 0 saturated heterocycles. The van der Waals surface area contributed by atoms with Crippen LogP contribution in [0.1, 0.15) is 52.6 Å². The first-order chi connectivity index (χ1) is 24.3. The van der Waals surface area contributed by atoms with Crippen molar-refractivity contribution in [3.63, 3.8) is 0 Å². The number of carboxylic acids is 1. The molecule has 13 heteroatoms. The van der Waals surface area contributed by atoms with Gasteiger partial charge in [-0.3, -0.25) is 0 Å². The standard InChI is InChI=1S/C38H37NO12/c1-2-39-18-26(22-16-31(44)36(48)32(45)17-22)37(38(49)50)51-33(46)12-11-20-14-29(42)28(41)13-19(20)9-10-21-15-30(43)35(47)25-7-3-5-23-24(34(21)25)6-4-8-27(23)40/h4,6,8-17,26,37,39-45,47-48H,2-3,5,7,18H2,1H3,(H,49,50)/b10-9+,12-11+/t26-,37+/m0/s1. The number of hydrogen-bond donors (Lipinski definition) is 10. The monoisotopic (exact) mass is 699 g/mol. The number of phenolic OH excluding ortho intramolecular Hbond substituents is 8. The van der Waals surface area contributed by atoms with Crippen molar-refractivity contribution in [1.29, 1.82) is 0 Å². The van der Waals surface area contributed by atoms with Crippen molar-refractivity contribution in [2.75, 3.05) is 13.1 Å². The topological polar surface area (TPSA) is 237 Å². The number of nitrogens with one attached hydrogen (secondary N) is 1. The summed E-state index contributed by atoms with van der Waals surface area (Å²) >= 11 is 0. The molecular weight excluding hydrogens is 662 g/mol. The van der Waals surface area contributed by atoms with Crippen molar-refractivity contribution in [3.8, 4) is 57.1 Å². The second-order valence-corrected chi connectivity index (χ2v) is 12.0. The molecule has 1 aliphatic carbocycles. The molecule has 0 radical (unpaired) electrons. The first kappa shape index (κ1) is 36.0. The number of hydrogen-bond acceptors (Lipinski definition) is 12. The Bertz CT molecular complexity index is 2030. The Morgan fingerprint density at radius 2 is 1.33 bits per heavy atom. The number of aromatic hydroxyl groups is 8. The normalized spacial score (nSPS) is 13.7. The summed E-state index contributed by atoms with van der Waals surface area (Å²) in [4.78, 5) is 25.4. The van der Waals surface area contributed by atoms with E-state index in [4.69, 9.17) is 4.74 Å².